The molecule has 2 heterocycles. The second kappa shape index (κ2) is 9.39. The van der Waals surface area contributed by atoms with Gasteiger partial charge in [0.15, 0.2) is 6.61 Å². The minimum atomic E-state index is -4.49. The lowest BCUT2D eigenvalue weighted by Gasteiger charge is -2.34. The van der Waals surface area contributed by atoms with Crippen molar-refractivity contribution in [2.75, 3.05) is 37.7 Å². The van der Waals surface area contributed by atoms with Crippen LogP contribution in [0.1, 0.15) is 19.4 Å². The molecule has 160 valence electrons. The van der Waals surface area contributed by atoms with E-state index in [-0.39, 0.29) is 18.5 Å². The molecule has 0 radical (unpaired) electrons. The maximum absolute atomic E-state index is 12.6. The van der Waals surface area contributed by atoms with Crippen LogP contribution in [0.3, 0.4) is 0 Å². The monoisotopic (exact) mass is 418 g/mol. The Morgan fingerprint density at radius 2 is 1.86 bits per heavy atom. The topological polar surface area (TPSA) is 120 Å². The number of alkyl halides is 3. The van der Waals surface area contributed by atoms with Gasteiger partial charge in [-0.3, -0.25) is 4.79 Å². The first kappa shape index (κ1) is 22.2. The van der Waals surface area contributed by atoms with Crippen LogP contribution < -0.4 is 10.2 Å². The molecule has 0 spiro atoms. The van der Waals surface area contributed by atoms with E-state index in [1.807, 2.05) is 0 Å². The van der Waals surface area contributed by atoms with Gasteiger partial charge in [-0.2, -0.15) is 13.2 Å². The lowest BCUT2D eigenvalue weighted by Crippen LogP contribution is -2.50. The fourth-order valence-corrected chi connectivity index (χ4v) is 2.44. The highest BCUT2D eigenvalue weighted by molar-refractivity contribution is 5.89. The van der Waals surface area contributed by atoms with Gasteiger partial charge < -0.3 is 25.1 Å². The molecule has 0 aliphatic carbocycles. The van der Waals surface area contributed by atoms with E-state index < -0.39 is 23.9 Å². The number of rotatable bonds is 6. The number of nitrogens with one attached hydrogen (secondary N) is 1. The first-order chi connectivity index (χ1) is 13.6. The Morgan fingerprint density at radius 3 is 2.38 bits per heavy atom. The zero-order chi connectivity index (χ0) is 21.6. The standard InChI is InChI=1S/C16H21F3N6O4/c1-10(22-15(27)28)11(2)23-29-9-13(26)24-3-5-25(6-4-24)14-20-7-12(8-21-14)16(17,18)19/h7-8,10,22H,3-6,9H2,1-2H3,(H,27,28). The predicted molar refractivity (Wildman–Crippen MR) is 95.5 cm³/mol. The maximum atomic E-state index is 12.6. The van der Waals surface area contributed by atoms with E-state index >= 15 is 0 Å². The number of carbonyl (C=O) groups is 2. The van der Waals surface area contributed by atoms with Crippen molar-refractivity contribution < 1.29 is 32.7 Å². The highest BCUT2D eigenvalue weighted by Crippen LogP contribution is 2.28. The van der Waals surface area contributed by atoms with Crippen molar-refractivity contribution in [3.63, 3.8) is 0 Å². The smallest absolute Gasteiger partial charge is 0.419 e. The molecule has 0 bridgehead atoms. The SMILES string of the molecule is CC(=NOCC(=O)N1CCN(c2ncc(C(F)(F)F)cn2)CC1)C(C)NC(=O)O. The van der Waals surface area contributed by atoms with Crippen LogP contribution >= 0.6 is 0 Å². The third-order valence-electron chi connectivity index (χ3n) is 4.24. The molecule has 0 saturated carbocycles. The predicted octanol–water partition coefficient (Wildman–Crippen LogP) is 1.19. The zero-order valence-corrected chi connectivity index (χ0v) is 15.8. The maximum Gasteiger partial charge on any atom is 0.419 e. The summed E-state index contributed by atoms with van der Waals surface area (Å²) >= 11 is 0. The summed E-state index contributed by atoms with van der Waals surface area (Å²) in [5.74, 6) is -0.144. The van der Waals surface area contributed by atoms with E-state index in [1.54, 1.807) is 18.7 Å². The molecule has 1 unspecified atom stereocenters. The lowest BCUT2D eigenvalue weighted by atomic mass is 10.2. The summed E-state index contributed by atoms with van der Waals surface area (Å²) in [5.41, 5.74) is -0.555. The van der Waals surface area contributed by atoms with Gasteiger partial charge in [-0.05, 0) is 13.8 Å². The largest absolute Gasteiger partial charge is 0.465 e. The van der Waals surface area contributed by atoms with Crippen molar-refractivity contribution in [2.24, 2.45) is 5.16 Å². The van der Waals surface area contributed by atoms with Crippen molar-refractivity contribution in [1.29, 1.82) is 0 Å². The summed E-state index contributed by atoms with van der Waals surface area (Å²) in [7, 11) is 0. The molecule has 13 heteroatoms. The van der Waals surface area contributed by atoms with Gasteiger partial charge in [0.1, 0.15) is 0 Å². The Kier molecular flexibility index (Phi) is 7.18. The lowest BCUT2D eigenvalue weighted by molar-refractivity contribution is -0.138. The van der Waals surface area contributed by atoms with Crippen LogP contribution in [0.4, 0.5) is 23.9 Å². The van der Waals surface area contributed by atoms with Crippen molar-refractivity contribution in [3.8, 4) is 0 Å². The van der Waals surface area contributed by atoms with Gasteiger partial charge in [0, 0.05) is 38.6 Å². The van der Waals surface area contributed by atoms with Crippen molar-refractivity contribution >= 4 is 23.7 Å². The molecule has 1 saturated heterocycles. The number of carbonyl (C=O) groups excluding carboxylic acids is 1. The van der Waals surface area contributed by atoms with Gasteiger partial charge in [-0.1, -0.05) is 5.16 Å². The summed E-state index contributed by atoms with van der Waals surface area (Å²) in [4.78, 5) is 38.4. The molecular formula is C16H21F3N6O4. The number of aromatic nitrogens is 2. The number of nitrogens with zero attached hydrogens (tertiary/aromatic N) is 5. The van der Waals surface area contributed by atoms with Crippen molar-refractivity contribution in [3.05, 3.63) is 18.0 Å². The minimum Gasteiger partial charge on any atom is -0.465 e. The number of anilines is 1. The molecule has 1 aliphatic rings. The molecule has 10 nitrogen and oxygen atoms in total. The molecule has 29 heavy (non-hydrogen) atoms. The normalized spacial score (nSPS) is 16.4. The molecule has 2 N–H and O–H groups in total. The van der Waals surface area contributed by atoms with Crippen LogP contribution in [0.5, 0.6) is 0 Å². The molecule has 2 rings (SSSR count). The molecular weight excluding hydrogens is 397 g/mol. The number of carboxylic acid groups (broad SMARTS) is 1. The average Bonchev–Trinajstić information content (AvgIpc) is 2.66. The van der Waals surface area contributed by atoms with Crippen LogP contribution in [0, 0.1) is 0 Å². The van der Waals surface area contributed by atoms with Crippen LogP contribution in [0.2, 0.25) is 0 Å². The molecule has 1 aromatic heterocycles. The highest BCUT2D eigenvalue weighted by atomic mass is 19.4. The summed E-state index contributed by atoms with van der Waals surface area (Å²) in [6.07, 6.45) is -4.23. The molecule has 1 aliphatic heterocycles. The van der Waals surface area contributed by atoms with Gasteiger partial charge in [-0.25, -0.2) is 14.8 Å². The average molecular weight is 418 g/mol. The summed E-state index contributed by atoms with van der Waals surface area (Å²) < 4.78 is 37.7. The van der Waals surface area contributed by atoms with Gasteiger partial charge in [0.25, 0.3) is 5.91 Å². The van der Waals surface area contributed by atoms with Gasteiger partial charge in [-0.15, -0.1) is 0 Å². The minimum absolute atomic E-state index is 0.168. The number of halogens is 3. The van der Waals surface area contributed by atoms with Gasteiger partial charge in [0.2, 0.25) is 5.95 Å². The summed E-state index contributed by atoms with van der Waals surface area (Å²) in [5, 5.41) is 14.6. The second-order valence-corrected chi connectivity index (χ2v) is 6.31. The fraction of sp³-hybridized carbons (Fsp3) is 0.562. The third-order valence-corrected chi connectivity index (χ3v) is 4.24. The molecule has 0 aromatic carbocycles. The Bertz CT molecular complexity index is 748. The van der Waals surface area contributed by atoms with Crippen LogP contribution in [-0.4, -0.2) is 76.5 Å². The highest BCUT2D eigenvalue weighted by Gasteiger charge is 2.32. The van der Waals surface area contributed by atoms with E-state index in [0.717, 1.165) is 12.4 Å². The van der Waals surface area contributed by atoms with E-state index in [1.165, 1.54) is 4.90 Å². The third kappa shape index (κ3) is 6.47. The number of hydrogen-bond acceptors (Lipinski definition) is 7. The number of piperazine rings is 1. The molecule has 1 fully saturated rings. The Balaban J connectivity index is 1.80. The van der Waals surface area contributed by atoms with Gasteiger partial charge >= 0.3 is 12.3 Å². The quantitative estimate of drug-likeness (QED) is 0.526. The second-order valence-electron chi connectivity index (χ2n) is 6.31. The zero-order valence-electron chi connectivity index (χ0n) is 15.8. The Labute approximate surface area is 164 Å². The summed E-state index contributed by atoms with van der Waals surface area (Å²) in [6.45, 7) is 4.21. The van der Waals surface area contributed by atoms with Gasteiger partial charge in [0.05, 0.1) is 17.3 Å². The Hall–Kier alpha value is -3.12. The van der Waals surface area contributed by atoms with Crippen LogP contribution in [0.15, 0.2) is 17.5 Å². The molecule has 1 atom stereocenters. The van der Waals surface area contributed by atoms with Crippen LogP contribution in [0.25, 0.3) is 0 Å². The Morgan fingerprint density at radius 1 is 1.28 bits per heavy atom. The van der Waals surface area contributed by atoms with Crippen LogP contribution in [-0.2, 0) is 15.8 Å². The van der Waals surface area contributed by atoms with Crippen molar-refractivity contribution in [2.45, 2.75) is 26.1 Å². The number of hydrogen-bond donors (Lipinski definition) is 2. The van der Waals surface area contributed by atoms with E-state index in [0.29, 0.717) is 31.9 Å². The summed E-state index contributed by atoms with van der Waals surface area (Å²) in [6, 6.07) is -0.560. The van der Waals surface area contributed by atoms with E-state index in [4.69, 9.17) is 9.94 Å². The molecule has 2 amide bonds. The van der Waals surface area contributed by atoms with E-state index in [9.17, 15) is 22.8 Å². The van der Waals surface area contributed by atoms with Crippen molar-refractivity contribution in [1.82, 2.24) is 20.2 Å². The fourth-order valence-electron chi connectivity index (χ4n) is 2.44. The first-order valence-electron chi connectivity index (χ1n) is 8.65. The molecule has 1 aromatic rings. The number of amides is 2. The van der Waals surface area contributed by atoms with E-state index in [2.05, 4.69) is 20.4 Å². The first-order valence-corrected chi connectivity index (χ1v) is 8.65. The number of oxime groups is 1.